The first-order chi connectivity index (χ1) is 4.55. The Bertz CT molecular complexity index is 87.2. The van der Waals surface area contributed by atoms with Crippen LogP contribution in [0.25, 0.3) is 0 Å². The molecule has 0 spiro atoms. The molecule has 1 aliphatic rings. The zero-order valence-corrected chi connectivity index (χ0v) is 5.97. The summed E-state index contributed by atoms with van der Waals surface area (Å²) in [4.78, 5) is 2.54. The Morgan fingerprint density at radius 2 is 1.20 bits per heavy atom. The van der Waals surface area contributed by atoms with E-state index in [2.05, 4.69) is 0 Å². The van der Waals surface area contributed by atoms with Gasteiger partial charge in [0.25, 0.3) is 0 Å². The number of likely N-dealkylation sites (N-methyl/N-ethyl adjacent to an activating group) is 2. The first-order valence-electron chi connectivity index (χ1n) is 3.04. The molecular weight excluding hydrogens is 136 g/mol. The summed E-state index contributed by atoms with van der Waals surface area (Å²) in [6, 6.07) is 0. The predicted molar refractivity (Wildman–Crippen MR) is 33.5 cm³/mol. The van der Waals surface area contributed by atoms with Crippen LogP contribution >= 0.6 is 0 Å². The number of nitrogens with zero attached hydrogens (tertiary/aromatic N) is 2. The van der Waals surface area contributed by atoms with E-state index in [1.165, 1.54) is 23.9 Å². The fourth-order valence-corrected chi connectivity index (χ4v) is 0.981. The van der Waals surface area contributed by atoms with E-state index in [0.717, 1.165) is 0 Å². The van der Waals surface area contributed by atoms with Crippen LogP contribution in [0.2, 0.25) is 0 Å². The van der Waals surface area contributed by atoms with E-state index >= 15 is 0 Å². The average Bonchev–Trinajstić information content (AvgIpc) is 2.07. The molecule has 2 unspecified atom stereocenters. The molecule has 60 valence electrons. The molecule has 3 N–H and O–H groups in total. The Morgan fingerprint density at radius 3 is 1.30 bits per heavy atom. The van der Waals surface area contributed by atoms with Gasteiger partial charge in [0, 0.05) is 0 Å². The third kappa shape index (κ3) is 0.920. The Hall–Kier alpha value is -0.200. The Balaban J connectivity index is 2.68. The third-order valence-electron chi connectivity index (χ3n) is 1.83. The van der Waals surface area contributed by atoms with Gasteiger partial charge >= 0.3 is 0 Å². The SMILES string of the molecule is CN1C(O)C(O)N(C)C1O. The minimum Gasteiger partial charge on any atom is -0.374 e. The van der Waals surface area contributed by atoms with Crippen LogP contribution in [0.4, 0.5) is 0 Å². The molecule has 1 fully saturated rings. The molecule has 1 saturated heterocycles. The molecule has 5 heteroatoms. The van der Waals surface area contributed by atoms with E-state index in [9.17, 15) is 0 Å². The minimum atomic E-state index is -1.00. The van der Waals surface area contributed by atoms with Gasteiger partial charge in [-0.05, 0) is 14.1 Å². The van der Waals surface area contributed by atoms with Gasteiger partial charge in [0.1, 0.15) is 12.5 Å². The lowest BCUT2D eigenvalue weighted by atomic mass is 10.5. The fourth-order valence-electron chi connectivity index (χ4n) is 0.981. The number of hydrogen-bond acceptors (Lipinski definition) is 5. The van der Waals surface area contributed by atoms with E-state index in [1.807, 2.05) is 0 Å². The van der Waals surface area contributed by atoms with Crippen LogP contribution in [0.15, 0.2) is 0 Å². The van der Waals surface area contributed by atoms with Crippen LogP contribution in [0, 0.1) is 0 Å². The molecule has 5 nitrogen and oxygen atoms in total. The Morgan fingerprint density at radius 1 is 0.900 bits per heavy atom. The largest absolute Gasteiger partial charge is 0.374 e. The molecule has 1 rings (SSSR count). The van der Waals surface area contributed by atoms with Crippen molar-refractivity contribution in [1.82, 2.24) is 9.80 Å². The smallest absolute Gasteiger partial charge is 0.169 e. The second kappa shape index (κ2) is 2.44. The maximum Gasteiger partial charge on any atom is 0.169 e. The topological polar surface area (TPSA) is 67.2 Å². The molecule has 0 amide bonds. The van der Waals surface area contributed by atoms with Gasteiger partial charge in [0.05, 0.1) is 0 Å². The summed E-state index contributed by atoms with van der Waals surface area (Å²) in [7, 11) is 3.06. The van der Waals surface area contributed by atoms with Gasteiger partial charge in [-0.25, -0.2) is 9.80 Å². The zero-order valence-electron chi connectivity index (χ0n) is 5.97. The van der Waals surface area contributed by atoms with Crippen molar-refractivity contribution in [2.45, 2.75) is 18.8 Å². The zero-order chi connectivity index (χ0) is 7.89. The highest BCUT2D eigenvalue weighted by molar-refractivity contribution is 4.76. The molecule has 0 aromatic heterocycles. The molecule has 0 bridgehead atoms. The maximum atomic E-state index is 9.14. The van der Waals surface area contributed by atoms with Crippen molar-refractivity contribution in [2.24, 2.45) is 0 Å². The first-order valence-corrected chi connectivity index (χ1v) is 3.04. The maximum absolute atomic E-state index is 9.14. The average molecular weight is 148 g/mol. The lowest BCUT2D eigenvalue weighted by molar-refractivity contribution is -0.0711. The summed E-state index contributed by atoms with van der Waals surface area (Å²) in [5, 5.41) is 27.3. The van der Waals surface area contributed by atoms with Gasteiger partial charge in [-0.15, -0.1) is 0 Å². The van der Waals surface area contributed by atoms with Gasteiger partial charge in [-0.2, -0.15) is 0 Å². The molecule has 0 aromatic rings. The van der Waals surface area contributed by atoms with Crippen molar-refractivity contribution in [1.29, 1.82) is 0 Å². The molecule has 1 aliphatic heterocycles. The van der Waals surface area contributed by atoms with Crippen LogP contribution in [0.5, 0.6) is 0 Å². The quantitative estimate of drug-likeness (QED) is 0.363. The van der Waals surface area contributed by atoms with Crippen molar-refractivity contribution in [2.75, 3.05) is 14.1 Å². The monoisotopic (exact) mass is 148 g/mol. The third-order valence-corrected chi connectivity index (χ3v) is 1.83. The highest BCUT2D eigenvalue weighted by atomic mass is 16.4. The van der Waals surface area contributed by atoms with Crippen LogP contribution < -0.4 is 0 Å². The normalized spacial score (nSPS) is 44.7. The summed E-state index contributed by atoms with van der Waals surface area (Å²) in [6.07, 6.45) is -2.90. The highest BCUT2D eigenvalue weighted by Crippen LogP contribution is 2.17. The number of rotatable bonds is 0. The number of aliphatic hydroxyl groups excluding tert-OH is 3. The van der Waals surface area contributed by atoms with Crippen LogP contribution in [0.3, 0.4) is 0 Å². The summed E-state index contributed by atoms with van der Waals surface area (Å²) in [5.74, 6) is 0. The van der Waals surface area contributed by atoms with Crippen LogP contribution in [-0.4, -0.2) is 58.0 Å². The fraction of sp³-hybridized carbons (Fsp3) is 1.00. The van der Waals surface area contributed by atoms with Gasteiger partial charge in [0.2, 0.25) is 0 Å². The molecule has 1 heterocycles. The van der Waals surface area contributed by atoms with Gasteiger partial charge in [-0.1, -0.05) is 0 Å². The summed E-state index contributed by atoms with van der Waals surface area (Å²) in [6.45, 7) is 0. The van der Waals surface area contributed by atoms with E-state index < -0.39 is 18.8 Å². The highest BCUT2D eigenvalue weighted by Gasteiger charge is 2.40. The van der Waals surface area contributed by atoms with Crippen molar-refractivity contribution >= 4 is 0 Å². The van der Waals surface area contributed by atoms with Gasteiger partial charge in [-0.3, -0.25) is 0 Å². The van der Waals surface area contributed by atoms with Gasteiger partial charge < -0.3 is 15.3 Å². The van der Waals surface area contributed by atoms with Crippen LogP contribution in [-0.2, 0) is 0 Å². The number of hydrogen-bond donors (Lipinski definition) is 3. The summed E-state index contributed by atoms with van der Waals surface area (Å²) in [5.41, 5.74) is 0. The van der Waals surface area contributed by atoms with Crippen molar-refractivity contribution < 1.29 is 15.3 Å². The molecule has 0 saturated carbocycles. The van der Waals surface area contributed by atoms with E-state index in [4.69, 9.17) is 15.3 Å². The predicted octanol–water partition coefficient (Wildman–Crippen LogP) is -2.22. The van der Waals surface area contributed by atoms with Crippen molar-refractivity contribution in [3.8, 4) is 0 Å². The Labute approximate surface area is 59.1 Å². The molecule has 10 heavy (non-hydrogen) atoms. The lowest BCUT2D eigenvalue weighted by Gasteiger charge is -2.18. The molecule has 0 aliphatic carbocycles. The first kappa shape index (κ1) is 7.90. The minimum absolute atomic E-state index is 0.898. The lowest BCUT2D eigenvalue weighted by Crippen LogP contribution is -2.36. The summed E-state index contributed by atoms with van der Waals surface area (Å²) < 4.78 is 0. The summed E-state index contributed by atoms with van der Waals surface area (Å²) >= 11 is 0. The van der Waals surface area contributed by atoms with Crippen molar-refractivity contribution in [3.63, 3.8) is 0 Å². The van der Waals surface area contributed by atoms with Crippen molar-refractivity contribution in [3.05, 3.63) is 0 Å². The molecule has 0 aromatic carbocycles. The second-order valence-corrected chi connectivity index (χ2v) is 2.50. The number of aliphatic hydroxyl groups is 3. The molecule has 0 radical (unpaired) electrons. The standard InChI is InChI=1S/C5H12N2O3/c1-6-3(8)4(9)7(2)5(6)10/h3-5,8-10H,1-2H3. The van der Waals surface area contributed by atoms with Gasteiger partial charge in [0.15, 0.2) is 6.35 Å². The van der Waals surface area contributed by atoms with E-state index in [0.29, 0.717) is 0 Å². The Kier molecular flexibility index (Phi) is 1.93. The van der Waals surface area contributed by atoms with Crippen LogP contribution in [0.1, 0.15) is 0 Å². The van der Waals surface area contributed by atoms with E-state index in [-0.39, 0.29) is 0 Å². The van der Waals surface area contributed by atoms with E-state index in [1.54, 1.807) is 0 Å². The molecule has 2 atom stereocenters. The second-order valence-electron chi connectivity index (χ2n) is 2.50. The molecular formula is C5H12N2O3.